The molecule has 0 radical (unpaired) electrons. The van der Waals surface area contributed by atoms with Crippen LogP contribution in [0.1, 0.15) is 33.6 Å². The zero-order chi connectivity index (χ0) is 16.1. The Hall–Kier alpha value is -2.67. The van der Waals surface area contributed by atoms with E-state index in [1.165, 1.54) is 0 Å². The van der Waals surface area contributed by atoms with Gasteiger partial charge in [0.1, 0.15) is 11.6 Å². The van der Waals surface area contributed by atoms with E-state index in [2.05, 4.69) is 15.1 Å². The number of aromatic amines is 1. The molecule has 7 heteroatoms. The van der Waals surface area contributed by atoms with Gasteiger partial charge in [-0.1, -0.05) is 17.3 Å². The third kappa shape index (κ3) is 2.05. The van der Waals surface area contributed by atoms with Gasteiger partial charge in [0.25, 0.3) is 5.91 Å². The van der Waals surface area contributed by atoms with Gasteiger partial charge in [0.15, 0.2) is 5.69 Å². The molecule has 3 aromatic rings. The lowest BCUT2D eigenvalue weighted by Crippen LogP contribution is -2.49. The minimum absolute atomic E-state index is 0.0853. The Morgan fingerprint density at radius 1 is 1.29 bits per heavy atom. The highest BCUT2D eigenvalue weighted by Crippen LogP contribution is 2.29. The second-order valence-corrected chi connectivity index (χ2v) is 6.28. The van der Waals surface area contributed by atoms with Crippen LogP contribution in [0.2, 0.25) is 0 Å². The molecule has 1 saturated heterocycles. The predicted octanol–water partition coefficient (Wildman–Crippen LogP) is 1.86. The van der Waals surface area contributed by atoms with Crippen LogP contribution in [0.25, 0.3) is 11.0 Å². The Kier molecular flexibility index (Phi) is 2.96. The smallest absolute Gasteiger partial charge is 0.276 e. The largest absolute Gasteiger partial charge is 0.376 e. The monoisotopic (exact) mass is 324 g/mol. The Balaban J connectivity index is 1.32. The molecule has 0 spiro atoms. The Morgan fingerprint density at radius 2 is 2.17 bits per heavy atom. The average Bonchev–Trinajstić information content (AvgIpc) is 3.17. The van der Waals surface area contributed by atoms with E-state index < -0.39 is 0 Å². The summed E-state index contributed by atoms with van der Waals surface area (Å²) >= 11 is 0. The number of carbonyl (C=O) groups is 1. The van der Waals surface area contributed by atoms with Crippen molar-refractivity contribution in [1.29, 1.82) is 0 Å². The summed E-state index contributed by atoms with van der Waals surface area (Å²) < 4.78 is 10.7. The van der Waals surface area contributed by atoms with Gasteiger partial charge in [0.2, 0.25) is 0 Å². The number of nitrogens with one attached hydrogen (secondary N) is 1. The number of amides is 1. The Bertz CT molecular complexity index is 890. The summed E-state index contributed by atoms with van der Waals surface area (Å²) in [6, 6.07) is 7.95. The standard InChI is InChI=1S/C17H16N4O3/c22-17(15-11-9-23-6-5-14(11)24-20-15)21-7-10(8-21)16-18-12-3-1-2-4-13(12)19-16/h1-4,10H,5-9H2,(H,18,19). The van der Waals surface area contributed by atoms with E-state index in [1.54, 1.807) is 4.90 Å². The van der Waals surface area contributed by atoms with E-state index in [4.69, 9.17) is 9.26 Å². The maximum atomic E-state index is 12.6. The van der Waals surface area contributed by atoms with Crippen molar-refractivity contribution in [2.45, 2.75) is 18.9 Å². The van der Waals surface area contributed by atoms with Crippen LogP contribution in [0.4, 0.5) is 0 Å². The first-order valence-electron chi connectivity index (χ1n) is 8.08. The van der Waals surface area contributed by atoms with E-state index in [-0.39, 0.29) is 11.8 Å². The van der Waals surface area contributed by atoms with Crippen LogP contribution in [0.15, 0.2) is 28.8 Å². The third-order valence-electron chi connectivity index (χ3n) is 4.76. The Morgan fingerprint density at radius 3 is 3.04 bits per heavy atom. The molecule has 0 saturated carbocycles. The van der Waals surface area contributed by atoms with E-state index in [0.29, 0.717) is 38.4 Å². The lowest BCUT2D eigenvalue weighted by Gasteiger charge is -2.37. The number of hydrogen-bond donors (Lipinski definition) is 1. The number of aromatic nitrogens is 3. The van der Waals surface area contributed by atoms with E-state index in [1.807, 2.05) is 24.3 Å². The normalized spacial score (nSPS) is 17.8. The summed E-state index contributed by atoms with van der Waals surface area (Å²) in [6.45, 7) is 2.30. The molecular weight excluding hydrogens is 308 g/mol. The van der Waals surface area contributed by atoms with Crippen molar-refractivity contribution in [1.82, 2.24) is 20.0 Å². The van der Waals surface area contributed by atoms with E-state index >= 15 is 0 Å². The molecule has 1 aromatic carbocycles. The van der Waals surface area contributed by atoms with Gasteiger partial charge in [0, 0.05) is 19.5 Å². The zero-order valence-electron chi connectivity index (χ0n) is 13.0. The number of ether oxygens (including phenoxy) is 1. The first-order valence-corrected chi connectivity index (χ1v) is 8.08. The SMILES string of the molecule is O=C(c1noc2c1COCC2)N1CC(c2nc3ccccc3[nH]2)C1. The van der Waals surface area contributed by atoms with Gasteiger partial charge in [-0.15, -0.1) is 0 Å². The molecule has 0 atom stereocenters. The second-order valence-electron chi connectivity index (χ2n) is 6.28. The number of fused-ring (bicyclic) bond motifs is 2. The highest BCUT2D eigenvalue weighted by atomic mass is 16.5. The summed E-state index contributed by atoms with van der Waals surface area (Å²) in [5, 5.41) is 3.96. The van der Waals surface area contributed by atoms with Gasteiger partial charge in [-0.2, -0.15) is 0 Å². The van der Waals surface area contributed by atoms with Crippen LogP contribution >= 0.6 is 0 Å². The number of rotatable bonds is 2. The fourth-order valence-corrected chi connectivity index (χ4v) is 3.33. The fourth-order valence-electron chi connectivity index (χ4n) is 3.33. The molecule has 0 bridgehead atoms. The topological polar surface area (TPSA) is 84.2 Å². The molecule has 5 rings (SSSR count). The molecule has 1 amide bonds. The Labute approximate surface area is 137 Å². The highest BCUT2D eigenvalue weighted by Gasteiger charge is 2.37. The van der Waals surface area contributed by atoms with Crippen LogP contribution in [-0.4, -0.2) is 45.6 Å². The number of imidazole rings is 1. The van der Waals surface area contributed by atoms with Crippen LogP contribution in [-0.2, 0) is 17.8 Å². The van der Waals surface area contributed by atoms with E-state index in [0.717, 1.165) is 28.2 Å². The number of H-pyrrole nitrogens is 1. The molecule has 4 heterocycles. The summed E-state index contributed by atoms with van der Waals surface area (Å²) in [7, 11) is 0. The molecule has 0 unspecified atom stereocenters. The number of carbonyl (C=O) groups excluding carboxylic acids is 1. The van der Waals surface area contributed by atoms with Crippen LogP contribution in [0.3, 0.4) is 0 Å². The van der Waals surface area contributed by atoms with Crippen LogP contribution in [0.5, 0.6) is 0 Å². The van der Waals surface area contributed by atoms with E-state index in [9.17, 15) is 4.79 Å². The van der Waals surface area contributed by atoms with Gasteiger partial charge in [-0.3, -0.25) is 4.79 Å². The zero-order valence-corrected chi connectivity index (χ0v) is 13.0. The molecule has 2 aliphatic heterocycles. The maximum Gasteiger partial charge on any atom is 0.276 e. The summed E-state index contributed by atoms with van der Waals surface area (Å²) in [6.07, 6.45) is 0.678. The summed E-state index contributed by atoms with van der Waals surface area (Å²) in [4.78, 5) is 22.4. The maximum absolute atomic E-state index is 12.6. The van der Waals surface area contributed by atoms with Crippen molar-refractivity contribution in [3.8, 4) is 0 Å². The first kappa shape index (κ1) is 13.7. The minimum atomic E-state index is -0.0853. The van der Waals surface area contributed by atoms with Crippen LogP contribution in [0, 0.1) is 0 Å². The predicted molar refractivity (Wildman–Crippen MR) is 84.6 cm³/mol. The third-order valence-corrected chi connectivity index (χ3v) is 4.76. The molecule has 122 valence electrons. The highest BCUT2D eigenvalue weighted by molar-refractivity contribution is 5.94. The summed E-state index contributed by atoms with van der Waals surface area (Å²) in [5.74, 6) is 1.86. The van der Waals surface area contributed by atoms with Gasteiger partial charge in [0.05, 0.1) is 35.7 Å². The van der Waals surface area contributed by atoms with Crippen molar-refractivity contribution in [2.75, 3.05) is 19.7 Å². The molecule has 7 nitrogen and oxygen atoms in total. The number of benzene rings is 1. The number of hydrogen-bond acceptors (Lipinski definition) is 5. The second kappa shape index (κ2) is 5.17. The summed E-state index contributed by atoms with van der Waals surface area (Å²) in [5.41, 5.74) is 3.19. The molecule has 2 aromatic heterocycles. The fraction of sp³-hybridized carbons (Fsp3) is 0.353. The quantitative estimate of drug-likeness (QED) is 0.778. The van der Waals surface area contributed by atoms with Gasteiger partial charge < -0.3 is 19.1 Å². The van der Waals surface area contributed by atoms with Gasteiger partial charge in [-0.05, 0) is 12.1 Å². The minimum Gasteiger partial charge on any atom is -0.376 e. The molecule has 2 aliphatic rings. The lowest BCUT2D eigenvalue weighted by atomic mass is 9.98. The molecule has 0 aliphatic carbocycles. The van der Waals surface area contributed by atoms with Crippen molar-refractivity contribution in [3.63, 3.8) is 0 Å². The number of nitrogens with zero attached hydrogens (tertiary/aromatic N) is 3. The van der Waals surface area contributed by atoms with Crippen molar-refractivity contribution >= 4 is 16.9 Å². The molecular formula is C17H16N4O3. The van der Waals surface area contributed by atoms with Crippen LogP contribution < -0.4 is 0 Å². The number of para-hydroxylation sites is 2. The average molecular weight is 324 g/mol. The van der Waals surface area contributed by atoms with Gasteiger partial charge >= 0.3 is 0 Å². The lowest BCUT2D eigenvalue weighted by molar-refractivity contribution is 0.0578. The van der Waals surface area contributed by atoms with Crippen molar-refractivity contribution < 1.29 is 14.1 Å². The van der Waals surface area contributed by atoms with Gasteiger partial charge in [-0.25, -0.2) is 4.98 Å². The molecule has 1 fully saturated rings. The first-order chi connectivity index (χ1) is 11.8. The van der Waals surface area contributed by atoms with Crippen molar-refractivity contribution in [2.24, 2.45) is 0 Å². The number of likely N-dealkylation sites (tertiary alicyclic amines) is 1. The molecule has 24 heavy (non-hydrogen) atoms. The van der Waals surface area contributed by atoms with Crippen molar-refractivity contribution in [3.05, 3.63) is 47.1 Å². The molecule has 1 N–H and O–H groups in total.